The van der Waals surface area contributed by atoms with Gasteiger partial charge >= 0.3 is 5.97 Å². The lowest BCUT2D eigenvalue weighted by molar-refractivity contribution is -0.115. The highest BCUT2D eigenvalue weighted by molar-refractivity contribution is 6.31. The van der Waals surface area contributed by atoms with Crippen molar-refractivity contribution in [1.82, 2.24) is 5.32 Å². The van der Waals surface area contributed by atoms with Crippen molar-refractivity contribution >= 4 is 35.1 Å². The van der Waals surface area contributed by atoms with Gasteiger partial charge in [0, 0.05) is 16.3 Å². The summed E-state index contributed by atoms with van der Waals surface area (Å²) in [4.78, 5) is 35.8. The quantitative estimate of drug-likeness (QED) is 0.533. The number of halogens is 1. The van der Waals surface area contributed by atoms with Crippen molar-refractivity contribution < 1.29 is 19.1 Å². The zero-order valence-corrected chi connectivity index (χ0v) is 15.7. The molecule has 6 nitrogen and oxygen atoms in total. The second kappa shape index (κ2) is 10.3. The highest BCUT2D eigenvalue weighted by Gasteiger charge is 2.10. The average Bonchev–Trinajstić information content (AvgIpc) is 2.67. The molecule has 0 fully saturated rings. The van der Waals surface area contributed by atoms with Crippen molar-refractivity contribution in [3.05, 3.63) is 64.7 Å². The van der Waals surface area contributed by atoms with E-state index in [-0.39, 0.29) is 12.5 Å². The number of benzene rings is 2. The van der Waals surface area contributed by atoms with Crippen LogP contribution in [-0.2, 0) is 9.53 Å². The van der Waals surface area contributed by atoms with Crippen LogP contribution in [-0.4, -0.2) is 30.9 Å². The van der Waals surface area contributed by atoms with Gasteiger partial charge in [0.25, 0.3) is 5.91 Å². The van der Waals surface area contributed by atoms with Gasteiger partial charge in [0.05, 0.1) is 18.7 Å². The third kappa shape index (κ3) is 6.75. The van der Waals surface area contributed by atoms with Crippen LogP contribution < -0.4 is 10.6 Å². The van der Waals surface area contributed by atoms with E-state index in [0.29, 0.717) is 28.4 Å². The van der Waals surface area contributed by atoms with Gasteiger partial charge in [-0.05, 0) is 48.9 Å². The van der Waals surface area contributed by atoms with Crippen LogP contribution in [0.25, 0.3) is 0 Å². The van der Waals surface area contributed by atoms with Gasteiger partial charge in [-0.15, -0.1) is 0 Å². The normalized spacial score (nSPS) is 10.1. The van der Waals surface area contributed by atoms with Gasteiger partial charge in [-0.3, -0.25) is 9.59 Å². The Balaban J connectivity index is 1.81. The first-order valence-corrected chi connectivity index (χ1v) is 8.98. The topological polar surface area (TPSA) is 84.5 Å². The molecule has 0 unspecified atom stereocenters. The third-order valence-corrected chi connectivity index (χ3v) is 3.87. The molecule has 2 N–H and O–H groups in total. The summed E-state index contributed by atoms with van der Waals surface area (Å²) in [6, 6.07) is 12.8. The molecule has 0 saturated heterocycles. The molecule has 142 valence electrons. The van der Waals surface area contributed by atoms with Crippen molar-refractivity contribution in [2.24, 2.45) is 0 Å². The Morgan fingerprint density at radius 3 is 2.44 bits per heavy atom. The van der Waals surface area contributed by atoms with E-state index in [1.807, 2.05) is 6.92 Å². The number of unbranched alkanes of at least 4 members (excludes halogenated alkanes) is 1. The highest BCUT2D eigenvalue weighted by atomic mass is 35.5. The second-order valence-electron chi connectivity index (χ2n) is 5.81. The molecular formula is C20H21ClN2O4. The van der Waals surface area contributed by atoms with Gasteiger partial charge in [0.2, 0.25) is 5.91 Å². The molecule has 2 aromatic carbocycles. The Bertz CT molecular complexity index is 806. The zero-order chi connectivity index (χ0) is 19.6. The van der Waals surface area contributed by atoms with Crippen molar-refractivity contribution in [2.75, 3.05) is 18.5 Å². The number of esters is 1. The van der Waals surface area contributed by atoms with Gasteiger partial charge in [-0.1, -0.05) is 31.0 Å². The average molecular weight is 389 g/mol. The molecule has 0 aliphatic rings. The molecule has 0 aliphatic carbocycles. The molecule has 0 atom stereocenters. The lowest BCUT2D eigenvalue weighted by Gasteiger charge is -2.08. The number of nitrogens with one attached hydrogen (secondary N) is 2. The predicted octanol–water partition coefficient (Wildman–Crippen LogP) is 3.67. The van der Waals surface area contributed by atoms with E-state index in [1.54, 1.807) is 42.5 Å². The van der Waals surface area contributed by atoms with E-state index in [0.717, 1.165) is 12.8 Å². The van der Waals surface area contributed by atoms with Crippen LogP contribution in [0.3, 0.4) is 0 Å². The van der Waals surface area contributed by atoms with Crippen molar-refractivity contribution in [2.45, 2.75) is 19.8 Å². The number of rotatable bonds is 8. The number of anilines is 1. The SMILES string of the molecule is CCCCOC(=O)c1ccc(NC(=O)CNC(=O)c2cccc(Cl)c2)cc1. The van der Waals surface area contributed by atoms with Crippen LogP contribution in [0.5, 0.6) is 0 Å². The van der Waals surface area contributed by atoms with Crippen molar-refractivity contribution in [3.8, 4) is 0 Å². The van der Waals surface area contributed by atoms with E-state index < -0.39 is 11.9 Å². The molecular weight excluding hydrogens is 368 g/mol. The molecule has 27 heavy (non-hydrogen) atoms. The number of carbonyl (C=O) groups is 3. The standard InChI is InChI=1S/C20H21ClN2O4/c1-2-3-11-27-20(26)14-7-9-17(10-8-14)23-18(24)13-22-19(25)15-5-4-6-16(21)12-15/h4-10,12H,2-3,11,13H2,1H3,(H,22,25)(H,23,24). The molecule has 0 radical (unpaired) electrons. The maximum atomic E-state index is 12.0. The van der Waals surface area contributed by atoms with E-state index >= 15 is 0 Å². The maximum Gasteiger partial charge on any atom is 0.338 e. The first kappa shape index (κ1) is 20.5. The third-order valence-electron chi connectivity index (χ3n) is 3.63. The molecule has 0 bridgehead atoms. The Morgan fingerprint density at radius 2 is 1.78 bits per heavy atom. The minimum Gasteiger partial charge on any atom is -0.462 e. The Kier molecular flexibility index (Phi) is 7.82. The van der Waals surface area contributed by atoms with Crippen LogP contribution in [0.4, 0.5) is 5.69 Å². The fourth-order valence-electron chi connectivity index (χ4n) is 2.18. The summed E-state index contributed by atoms with van der Waals surface area (Å²) in [5.41, 5.74) is 1.31. The van der Waals surface area contributed by atoms with Gasteiger partial charge in [0.1, 0.15) is 0 Å². The molecule has 2 amide bonds. The molecule has 0 heterocycles. The Hall–Kier alpha value is -2.86. The maximum absolute atomic E-state index is 12.0. The smallest absolute Gasteiger partial charge is 0.338 e. The van der Waals surface area contributed by atoms with Crippen LogP contribution in [0.2, 0.25) is 5.02 Å². The number of hydrogen-bond acceptors (Lipinski definition) is 4. The largest absolute Gasteiger partial charge is 0.462 e. The summed E-state index contributed by atoms with van der Waals surface area (Å²) in [6.07, 6.45) is 1.77. The minimum absolute atomic E-state index is 0.188. The predicted molar refractivity (Wildman–Crippen MR) is 104 cm³/mol. The van der Waals surface area contributed by atoms with E-state index in [2.05, 4.69) is 10.6 Å². The summed E-state index contributed by atoms with van der Waals surface area (Å²) in [7, 11) is 0. The van der Waals surface area contributed by atoms with Gasteiger partial charge in [-0.2, -0.15) is 0 Å². The lowest BCUT2D eigenvalue weighted by Crippen LogP contribution is -2.32. The van der Waals surface area contributed by atoms with Gasteiger partial charge in [-0.25, -0.2) is 4.79 Å². The molecule has 2 rings (SSSR count). The fraction of sp³-hybridized carbons (Fsp3) is 0.250. The summed E-state index contributed by atoms with van der Waals surface area (Å²) in [5.74, 6) is -1.17. The Morgan fingerprint density at radius 1 is 1.04 bits per heavy atom. The molecule has 0 spiro atoms. The number of ether oxygens (including phenoxy) is 1. The Labute approximate surface area is 162 Å². The number of carbonyl (C=O) groups excluding carboxylic acids is 3. The van der Waals surface area contributed by atoms with E-state index in [1.165, 1.54) is 6.07 Å². The summed E-state index contributed by atoms with van der Waals surface area (Å²) >= 11 is 5.84. The molecule has 0 aliphatic heterocycles. The molecule has 2 aromatic rings. The van der Waals surface area contributed by atoms with Crippen LogP contribution in [0.1, 0.15) is 40.5 Å². The minimum atomic E-state index is -0.393. The van der Waals surface area contributed by atoms with Gasteiger partial charge in [0.15, 0.2) is 0 Å². The zero-order valence-electron chi connectivity index (χ0n) is 15.0. The van der Waals surface area contributed by atoms with E-state index in [4.69, 9.17) is 16.3 Å². The molecule has 0 aromatic heterocycles. The highest BCUT2D eigenvalue weighted by Crippen LogP contribution is 2.12. The number of hydrogen-bond donors (Lipinski definition) is 2. The summed E-state index contributed by atoms with van der Waals surface area (Å²) < 4.78 is 5.12. The molecule has 0 saturated carbocycles. The fourth-order valence-corrected chi connectivity index (χ4v) is 2.37. The summed E-state index contributed by atoms with van der Waals surface area (Å²) in [5, 5.41) is 5.61. The monoisotopic (exact) mass is 388 g/mol. The van der Waals surface area contributed by atoms with Crippen LogP contribution in [0, 0.1) is 0 Å². The molecule has 7 heteroatoms. The van der Waals surface area contributed by atoms with Gasteiger partial charge < -0.3 is 15.4 Å². The van der Waals surface area contributed by atoms with Crippen molar-refractivity contribution in [3.63, 3.8) is 0 Å². The van der Waals surface area contributed by atoms with Crippen LogP contribution in [0.15, 0.2) is 48.5 Å². The first-order chi connectivity index (χ1) is 13.0. The van der Waals surface area contributed by atoms with Crippen LogP contribution >= 0.6 is 11.6 Å². The van der Waals surface area contributed by atoms with Crippen molar-refractivity contribution in [1.29, 1.82) is 0 Å². The second-order valence-corrected chi connectivity index (χ2v) is 6.24. The van der Waals surface area contributed by atoms with E-state index in [9.17, 15) is 14.4 Å². The first-order valence-electron chi connectivity index (χ1n) is 8.60. The lowest BCUT2D eigenvalue weighted by atomic mass is 10.2. The number of amides is 2. The summed E-state index contributed by atoms with van der Waals surface area (Å²) in [6.45, 7) is 2.22.